The number of ether oxygens (including phenoxy) is 1. The Morgan fingerprint density at radius 3 is 2.90 bits per heavy atom. The smallest absolute Gasteiger partial charge is 0.239 e. The fourth-order valence-electron chi connectivity index (χ4n) is 1.76. The van der Waals surface area contributed by atoms with Crippen LogP contribution in [0.1, 0.15) is 6.42 Å². The number of rotatable bonds is 5. The number of hydrogen-bond acceptors (Lipinski definition) is 3. The summed E-state index contributed by atoms with van der Waals surface area (Å²) in [4.78, 5) is 14.4. The van der Waals surface area contributed by atoms with E-state index in [1.165, 1.54) is 6.07 Å². The molecule has 1 aromatic carbocycles. The van der Waals surface area contributed by atoms with E-state index < -0.39 is 11.7 Å². The molecule has 1 aliphatic heterocycles. The van der Waals surface area contributed by atoms with Gasteiger partial charge in [-0.2, -0.15) is 0 Å². The molecule has 1 fully saturated rings. The molecule has 106 valence electrons. The highest BCUT2D eigenvalue weighted by Crippen LogP contribution is 2.32. The number of carbonyl (C=O) groups is 1. The van der Waals surface area contributed by atoms with E-state index in [4.69, 9.17) is 22.9 Å². The molecule has 1 saturated heterocycles. The first-order chi connectivity index (χ1) is 9.65. The minimum absolute atomic E-state index is 0.0523. The lowest BCUT2D eigenvalue weighted by Crippen LogP contribution is -2.33. The van der Waals surface area contributed by atoms with Gasteiger partial charge in [0.25, 0.3) is 0 Å². The normalized spacial score (nSPS) is 16.9. The molecule has 0 unspecified atom stereocenters. The number of anilines is 2. The van der Waals surface area contributed by atoms with E-state index >= 15 is 0 Å². The molecule has 0 saturated carbocycles. The highest BCUT2D eigenvalue weighted by atomic mass is 35.5. The lowest BCUT2D eigenvalue weighted by Gasteiger charge is -2.27. The highest BCUT2D eigenvalue weighted by molar-refractivity contribution is 6.29. The molecule has 7 heteroatoms. The van der Waals surface area contributed by atoms with Gasteiger partial charge in [0, 0.05) is 13.2 Å². The van der Waals surface area contributed by atoms with E-state index in [1.807, 2.05) is 0 Å². The van der Waals surface area contributed by atoms with Crippen molar-refractivity contribution in [2.45, 2.75) is 12.5 Å². The third-order valence-electron chi connectivity index (χ3n) is 2.94. The molecule has 0 aliphatic carbocycles. The van der Waals surface area contributed by atoms with Crippen LogP contribution in [0.4, 0.5) is 21.5 Å². The minimum atomic E-state index is -0.766. The Balaban J connectivity index is 2.21. The Labute approximate surface area is 120 Å². The van der Waals surface area contributed by atoms with Gasteiger partial charge in [-0.1, -0.05) is 6.07 Å². The minimum Gasteiger partial charge on any atom is -0.381 e. The van der Waals surface area contributed by atoms with Crippen LogP contribution >= 0.6 is 11.6 Å². The van der Waals surface area contributed by atoms with Crippen molar-refractivity contribution in [2.75, 3.05) is 29.7 Å². The van der Waals surface area contributed by atoms with Crippen molar-refractivity contribution in [3.8, 4) is 0 Å². The molecule has 5 nitrogen and oxygen atoms in total. The Hall–Kier alpha value is -1.84. The van der Waals surface area contributed by atoms with Crippen molar-refractivity contribution in [3.63, 3.8) is 0 Å². The second-order valence-electron chi connectivity index (χ2n) is 4.28. The van der Waals surface area contributed by atoms with Crippen LogP contribution in [0.5, 0.6) is 0 Å². The first-order valence-electron chi connectivity index (χ1n) is 6.07. The van der Waals surface area contributed by atoms with Crippen LogP contribution in [0.2, 0.25) is 0 Å². The van der Waals surface area contributed by atoms with Crippen LogP contribution in [-0.4, -0.2) is 31.0 Å². The third-order valence-corrected chi connectivity index (χ3v) is 3.18. The van der Waals surface area contributed by atoms with Gasteiger partial charge in [-0.25, -0.2) is 9.24 Å². The summed E-state index contributed by atoms with van der Waals surface area (Å²) in [6.07, 6.45) is 1.04. The van der Waals surface area contributed by atoms with Crippen molar-refractivity contribution in [3.05, 3.63) is 29.4 Å². The van der Waals surface area contributed by atoms with Crippen molar-refractivity contribution in [2.24, 2.45) is 0 Å². The summed E-state index contributed by atoms with van der Waals surface area (Å²) in [6.45, 7) is 8.14. The molecule has 1 aliphatic rings. The van der Waals surface area contributed by atoms with Crippen molar-refractivity contribution >= 4 is 34.6 Å². The Morgan fingerprint density at radius 1 is 1.60 bits per heavy atom. The van der Waals surface area contributed by atoms with Crippen LogP contribution in [0.25, 0.3) is 4.85 Å². The van der Waals surface area contributed by atoms with Crippen molar-refractivity contribution in [1.82, 2.24) is 0 Å². The van der Waals surface area contributed by atoms with E-state index in [-0.39, 0.29) is 23.4 Å². The SMILES string of the molecule is [C-]#[N+]c1ccc(NC[C@@H]2CCO2)c(NC(=O)CCl)c1F. The van der Waals surface area contributed by atoms with E-state index in [1.54, 1.807) is 6.07 Å². The fourth-order valence-corrected chi connectivity index (χ4v) is 1.83. The summed E-state index contributed by atoms with van der Waals surface area (Å²) < 4.78 is 19.4. The number of nitrogens with one attached hydrogen (secondary N) is 2. The molecule has 1 atom stereocenters. The molecule has 1 heterocycles. The van der Waals surface area contributed by atoms with Gasteiger partial charge >= 0.3 is 0 Å². The van der Waals surface area contributed by atoms with Crippen LogP contribution in [0, 0.1) is 12.4 Å². The van der Waals surface area contributed by atoms with E-state index in [9.17, 15) is 9.18 Å². The maximum atomic E-state index is 14.1. The van der Waals surface area contributed by atoms with Gasteiger partial charge in [-0.05, 0) is 12.5 Å². The first-order valence-corrected chi connectivity index (χ1v) is 6.60. The largest absolute Gasteiger partial charge is 0.381 e. The number of halogens is 2. The summed E-state index contributed by atoms with van der Waals surface area (Å²) in [5, 5.41) is 5.38. The van der Waals surface area contributed by atoms with Crippen molar-refractivity contribution in [1.29, 1.82) is 0 Å². The lowest BCUT2D eigenvalue weighted by molar-refractivity contribution is -0.113. The standard InChI is InChI=1S/C13H13ClFN3O2/c1-16-9-2-3-10(17-7-8-4-5-20-8)13(12(9)15)18-11(19)6-14/h2-3,8,17H,4-7H2,(H,18,19)/t8-/m0/s1. The molecule has 0 bridgehead atoms. The molecule has 0 aromatic heterocycles. The highest BCUT2D eigenvalue weighted by Gasteiger charge is 2.20. The summed E-state index contributed by atoms with van der Waals surface area (Å²) in [7, 11) is 0. The van der Waals surface area contributed by atoms with Gasteiger partial charge in [0.2, 0.25) is 11.6 Å². The summed E-state index contributed by atoms with van der Waals surface area (Å²) in [6, 6.07) is 2.92. The fraction of sp³-hybridized carbons (Fsp3) is 0.385. The average molecular weight is 298 g/mol. The van der Waals surface area contributed by atoms with Gasteiger partial charge in [0.15, 0.2) is 5.82 Å². The van der Waals surface area contributed by atoms with Gasteiger partial charge < -0.3 is 15.4 Å². The topological polar surface area (TPSA) is 54.7 Å². The lowest BCUT2D eigenvalue weighted by atomic mass is 10.1. The quantitative estimate of drug-likeness (QED) is 0.649. The summed E-state index contributed by atoms with van der Waals surface area (Å²) in [5.41, 5.74) is 0.202. The van der Waals surface area contributed by atoms with Gasteiger partial charge in [-0.15, -0.1) is 11.6 Å². The van der Waals surface area contributed by atoms with Gasteiger partial charge in [0.05, 0.1) is 24.1 Å². The van der Waals surface area contributed by atoms with Crippen LogP contribution < -0.4 is 10.6 Å². The Bertz CT molecular complexity index is 555. The Morgan fingerprint density at radius 2 is 2.35 bits per heavy atom. The maximum absolute atomic E-state index is 14.1. The van der Waals surface area contributed by atoms with Gasteiger partial charge in [0.1, 0.15) is 5.88 Å². The zero-order valence-corrected chi connectivity index (χ0v) is 11.3. The predicted octanol–water partition coefficient (Wildman–Crippen LogP) is 2.75. The zero-order chi connectivity index (χ0) is 14.5. The van der Waals surface area contributed by atoms with Crippen LogP contribution in [-0.2, 0) is 9.53 Å². The molecule has 0 radical (unpaired) electrons. The van der Waals surface area contributed by atoms with Gasteiger partial charge in [-0.3, -0.25) is 4.79 Å². The van der Waals surface area contributed by atoms with E-state index in [2.05, 4.69) is 15.5 Å². The van der Waals surface area contributed by atoms with E-state index in [0.29, 0.717) is 12.2 Å². The first kappa shape index (κ1) is 14.6. The third kappa shape index (κ3) is 3.18. The molecule has 2 N–H and O–H groups in total. The van der Waals surface area contributed by atoms with Crippen LogP contribution in [0.15, 0.2) is 12.1 Å². The number of amides is 1. The second-order valence-corrected chi connectivity index (χ2v) is 4.54. The molecular formula is C13H13ClFN3O2. The Kier molecular flexibility index (Phi) is 4.77. The number of benzene rings is 1. The summed E-state index contributed by atoms with van der Waals surface area (Å²) in [5.74, 6) is -1.58. The number of hydrogen-bond donors (Lipinski definition) is 2. The van der Waals surface area contributed by atoms with E-state index in [0.717, 1.165) is 13.0 Å². The second kappa shape index (κ2) is 6.55. The molecule has 20 heavy (non-hydrogen) atoms. The number of carbonyl (C=O) groups excluding carboxylic acids is 1. The summed E-state index contributed by atoms with van der Waals surface area (Å²) >= 11 is 5.40. The molecule has 1 aromatic rings. The predicted molar refractivity (Wildman–Crippen MR) is 74.9 cm³/mol. The molecule has 2 rings (SSSR count). The monoisotopic (exact) mass is 297 g/mol. The zero-order valence-electron chi connectivity index (χ0n) is 10.6. The number of nitrogens with zero attached hydrogens (tertiary/aromatic N) is 1. The molecular weight excluding hydrogens is 285 g/mol. The molecule has 1 amide bonds. The van der Waals surface area contributed by atoms with Crippen molar-refractivity contribution < 1.29 is 13.9 Å². The maximum Gasteiger partial charge on any atom is 0.239 e. The molecule has 0 spiro atoms. The van der Waals surface area contributed by atoms with Crippen LogP contribution in [0.3, 0.4) is 0 Å². The average Bonchev–Trinajstić information content (AvgIpc) is 2.40. The number of alkyl halides is 1.